The summed E-state index contributed by atoms with van der Waals surface area (Å²) in [5, 5.41) is 24.9. The van der Waals surface area contributed by atoms with Crippen LogP contribution in [0.4, 0.5) is 16.6 Å². The Morgan fingerprint density at radius 1 is 0.903 bits per heavy atom. The molecule has 3 aromatic heterocycles. The minimum Gasteiger partial charge on any atom is -0.493 e. The smallest absolute Gasteiger partial charge is 0.355 e. The molecule has 0 radical (unpaired) electrons. The zero-order valence-electron chi connectivity index (χ0n) is 40.6. The van der Waals surface area contributed by atoms with Crippen LogP contribution >= 0.6 is 11.3 Å². The number of amides is 4. The molecular formula is C54H56N10O7S. The first-order valence-corrected chi connectivity index (χ1v) is 25.2. The Labute approximate surface area is 420 Å². The molecule has 0 aliphatic carbocycles. The van der Waals surface area contributed by atoms with Crippen molar-refractivity contribution in [1.82, 2.24) is 34.9 Å². The first-order valence-electron chi connectivity index (χ1n) is 24.4. The number of carbonyl (C=O) groups excluding carboxylic acids is 4. The second-order valence-corrected chi connectivity index (χ2v) is 20.0. The van der Waals surface area contributed by atoms with Crippen molar-refractivity contribution in [2.75, 3.05) is 54.9 Å². The number of hydrogen-bond donors (Lipinski definition) is 4. The average molecular weight is 989 g/mol. The van der Waals surface area contributed by atoms with Crippen molar-refractivity contribution < 1.29 is 33.8 Å². The van der Waals surface area contributed by atoms with Gasteiger partial charge in [0.15, 0.2) is 10.8 Å². The molecule has 3 unspecified atom stereocenters. The molecule has 72 heavy (non-hydrogen) atoms. The molecule has 17 nitrogen and oxygen atoms in total. The molecule has 3 aliphatic rings. The van der Waals surface area contributed by atoms with Crippen molar-refractivity contribution in [2.45, 2.75) is 71.0 Å². The standard InChI is InChI=1S/C54H56N10O7S/c1-31-27-62(30-48(66)55-35-16-17-39-43(26-35)61(4)60-49(39)40-19-21-47(65)58-52(40)68)28-32(2)64(31)23-9-25-71-44-14-8-11-36(33(44)3)37-18-20-46(57-50(37)53(69)70)63-24-22-34-10-7-12-38(41(34)29-63)51(67)59-54-56-42-13-5-6-15-45(42)72-54/h5-8,10-18,20,26,31-32,40H,9,19,21-25,27-30H2,1-4H3,(H,55,66)(H,69,70)(H,56,59,67)(H,58,65,68). The maximum atomic E-state index is 13.7. The normalized spacial score (nSPS) is 18.5. The molecule has 370 valence electrons. The van der Waals surface area contributed by atoms with Crippen LogP contribution in [0.1, 0.15) is 82.3 Å². The van der Waals surface area contributed by atoms with E-state index in [2.05, 4.69) is 49.7 Å². The van der Waals surface area contributed by atoms with Crippen LogP contribution in [0, 0.1) is 6.92 Å². The van der Waals surface area contributed by atoms with Gasteiger partial charge in [-0.25, -0.2) is 14.8 Å². The predicted molar refractivity (Wildman–Crippen MR) is 277 cm³/mol. The average Bonchev–Trinajstić information content (AvgIpc) is 3.92. The fourth-order valence-corrected chi connectivity index (χ4v) is 11.5. The third-order valence-corrected chi connectivity index (χ3v) is 15.1. The Bertz CT molecular complexity index is 3230. The lowest BCUT2D eigenvalue weighted by Crippen LogP contribution is -2.58. The van der Waals surface area contributed by atoms with E-state index in [1.165, 1.54) is 11.3 Å². The number of imide groups is 1. The molecule has 3 aliphatic heterocycles. The molecule has 2 saturated heterocycles. The summed E-state index contributed by atoms with van der Waals surface area (Å²) >= 11 is 1.42. The van der Waals surface area contributed by atoms with Gasteiger partial charge in [0.1, 0.15) is 11.6 Å². The highest BCUT2D eigenvalue weighted by Gasteiger charge is 2.33. The number of para-hydroxylation sites is 1. The van der Waals surface area contributed by atoms with Crippen molar-refractivity contribution in [3.63, 3.8) is 0 Å². The Balaban J connectivity index is 0.729. The number of hydrogen-bond acceptors (Lipinski definition) is 13. The van der Waals surface area contributed by atoms with Crippen molar-refractivity contribution in [3.05, 3.63) is 125 Å². The predicted octanol–water partition coefficient (Wildman–Crippen LogP) is 7.39. The minimum absolute atomic E-state index is 0.0618. The monoisotopic (exact) mass is 988 g/mol. The van der Waals surface area contributed by atoms with Gasteiger partial charge in [-0.3, -0.25) is 44.3 Å². The van der Waals surface area contributed by atoms with Crippen LogP contribution in [-0.2, 0) is 34.4 Å². The lowest BCUT2D eigenvalue weighted by Gasteiger charge is -2.44. The number of nitrogens with zero attached hydrogens (tertiary/aromatic N) is 7. The summed E-state index contributed by atoms with van der Waals surface area (Å²) in [6, 6.07) is 28.8. The van der Waals surface area contributed by atoms with Gasteiger partial charge in [0.25, 0.3) is 5.91 Å². The Kier molecular flexibility index (Phi) is 13.6. The summed E-state index contributed by atoms with van der Waals surface area (Å²) in [6.45, 7) is 10.3. The summed E-state index contributed by atoms with van der Waals surface area (Å²) in [5.41, 5.74) is 7.34. The highest BCUT2D eigenvalue weighted by Crippen LogP contribution is 2.36. The van der Waals surface area contributed by atoms with Crippen molar-refractivity contribution in [2.24, 2.45) is 7.05 Å². The molecule has 6 heterocycles. The van der Waals surface area contributed by atoms with Gasteiger partial charge in [0.05, 0.1) is 40.5 Å². The number of piperazine rings is 1. The number of benzene rings is 4. The van der Waals surface area contributed by atoms with Crippen molar-refractivity contribution >= 4 is 78.7 Å². The molecule has 7 aromatic rings. The third kappa shape index (κ3) is 9.89. The molecule has 4 aromatic carbocycles. The van der Waals surface area contributed by atoms with Gasteiger partial charge in [0, 0.05) is 80.5 Å². The maximum Gasteiger partial charge on any atom is 0.355 e. The zero-order chi connectivity index (χ0) is 50.2. The van der Waals surface area contributed by atoms with E-state index in [1.54, 1.807) is 11.7 Å². The molecule has 2 fully saturated rings. The van der Waals surface area contributed by atoms with Gasteiger partial charge >= 0.3 is 5.97 Å². The number of aromatic nitrogens is 4. The Hall–Kier alpha value is -7.54. The Morgan fingerprint density at radius 2 is 1.71 bits per heavy atom. The lowest BCUT2D eigenvalue weighted by molar-refractivity contribution is -0.134. The van der Waals surface area contributed by atoms with E-state index < -0.39 is 11.9 Å². The lowest BCUT2D eigenvalue weighted by atomic mass is 9.93. The topological polar surface area (TPSA) is 204 Å². The van der Waals surface area contributed by atoms with Crippen LogP contribution in [0.2, 0.25) is 0 Å². The summed E-state index contributed by atoms with van der Waals surface area (Å²) in [5.74, 6) is -1.42. The van der Waals surface area contributed by atoms with Crippen LogP contribution in [0.3, 0.4) is 0 Å². The molecule has 0 bridgehead atoms. The number of aryl methyl sites for hydroxylation is 1. The van der Waals surface area contributed by atoms with E-state index in [0.29, 0.717) is 71.7 Å². The van der Waals surface area contributed by atoms with Gasteiger partial charge in [0.2, 0.25) is 17.7 Å². The van der Waals surface area contributed by atoms with E-state index in [4.69, 9.17) is 9.72 Å². The molecule has 18 heteroatoms. The van der Waals surface area contributed by atoms with E-state index >= 15 is 0 Å². The van der Waals surface area contributed by atoms with E-state index in [-0.39, 0.29) is 54.4 Å². The summed E-state index contributed by atoms with van der Waals surface area (Å²) < 4.78 is 9.05. The van der Waals surface area contributed by atoms with Crippen LogP contribution < -0.4 is 25.6 Å². The van der Waals surface area contributed by atoms with E-state index in [9.17, 15) is 29.1 Å². The summed E-state index contributed by atoms with van der Waals surface area (Å²) in [7, 11) is 1.80. The number of carboxylic acid groups (broad SMARTS) is 1. The molecule has 4 N–H and O–H groups in total. The highest BCUT2D eigenvalue weighted by atomic mass is 32.1. The van der Waals surface area contributed by atoms with Crippen LogP contribution in [0.5, 0.6) is 5.75 Å². The molecule has 3 atom stereocenters. The van der Waals surface area contributed by atoms with Crippen molar-refractivity contribution in [3.8, 4) is 16.9 Å². The largest absolute Gasteiger partial charge is 0.493 e. The fourth-order valence-electron chi connectivity index (χ4n) is 10.6. The second-order valence-electron chi connectivity index (χ2n) is 19.0. The number of fused-ring (bicyclic) bond motifs is 3. The van der Waals surface area contributed by atoms with E-state index in [1.807, 2.05) is 103 Å². The SMILES string of the molecule is Cc1c(OCCCN2C(C)CN(CC(=O)Nc3ccc4c(C5CCC(=O)NC5=O)nn(C)c4c3)CC2C)cccc1-c1ccc(N2CCc3cccc(C(=O)Nc4nc5ccccc5s4)c3C2)nc1C(=O)O. The summed E-state index contributed by atoms with van der Waals surface area (Å²) in [6.07, 6.45) is 2.11. The number of anilines is 3. The number of pyridine rings is 1. The van der Waals surface area contributed by atoms with Crippen LogP contribution in [-0.4, -0.2) is 116 Å². The minimum atomic E-state index is -1.14. The third-order valence-electron chi connectivity index (χ3n) is 14.1. The number of nitrogens with one attached hydrogen (secondary N) is 3. The van der Waals surface area contributed by atoms with E-state index in [0.717, 1.165) is 69.4 Å². The number of thiazole rings is 1. The quantitative estimate of drug-likeness (QED) is 0.0621. The van der Waals surface area contributed by atoms with Crippen LogP contribution in [0.25, 0.3) is 32.2 Å². The van der Waals surface area contributed by atoms with Crippen molar-refractivity contribution in [1.29, 1.82) is 0 Å². The molecule has 0 spiro atoms. The number of piperidine rings is 1. The number of aromatic carboxylic acids is 1. The first-order chi connectivity index (χ1) is 34.8. The van der Waals surface area contributed by atoms with Gasteiger partial charge in [-0.2, -0.15) is 5.10 Å². The van der Waals surface area contributed by atoms with Gasteiger partial charge in [-0.05, 0) is 117 Å². The first kappa shape index (κ1) is 48.1. The molecule has 4 amide bonds. The maximum absolute atomic E-state index is 13.7. The number of rotatable bonds is 14. The van der Waals surface area contributed by atoms with Crippen LogP contribution in [0.15, 0.2) is 91.0 Å². The number of carboxylic acids is 1. The molecular weight excluding hydrogens is 933 g/mol. The highest BCUT2D eigenvalue weighted by molar-refractivity contribution is 7.22. The summed E-state index contributed by atoms with van der Waals surface area (Å²) in [4.78, 5) is 80.1. The molecule has 0 saturated carbocycles. The van der Waals surface area contributed by atoms with Gasteiger partial charge in [-0.15, -0.1) is 0 Å². The Morgan fingerprint density at radius 3 is 2.50 bits per heavy atom. The zero-order valence-corrected chi connectivity index (χ0v) is 41.4. The number of ether oxygens (including phenoxy) is 1. The number of carbonyl (C=O) groups is 5. The second kappa shape index (κ2) is 20.3. The van der Waals surface area contributed by atoms with Gasteiger partial charge < -0.3 is 20.1 Å². The fraction of sp³-hybridized carbons (Fsp3) is 0.333. The van der Waals surface area contributed by atoms with Gasteiger partial charge in [-0.1, -0.05) is 47.7 Å². The molecule has 10 rings (SSSR count).